The van der Waals surface area contributed by atoms with Crippen LogP contribution in [0.5, 0.6) is 10.9 Å². The Bertz CT molecular complexity index is 1040. The standard InChI is InChI=1S/C21H21FN4O2S/c22-16-8-14(28-21-25-17-3-1-2-4-19(17)29-21)6-5-12(16)9-24-10-18-15-7-13(15)11-26(18)20(23)27/h1-6,8,13,15,18,24H,7,9-11H2,(H2,23,27). The van der Waals surface area contributed by atoms with Crippen LogP contribution in [0.1, 0.15) is 12.0 Å². The SMILES string of the molecule is NC(=O)N1CC2CC2C1CNCc1ccc(Oc2nc3ccccc3s2)cc1F. The van der Waals surface area contributed by atoms with Crippen LogP contribution in [0.3, 0.4) is 0 Å². The minimum atomic E-state index is -0.369. The fraction of sp³-hybridized carbons (Fsp3) is 0.333. The molecule has 1 saturated carbocycles. The van der Waals surface area contributed by atoms with Crippen LogP contribution in [0.25, 0.3) is 10.2 Å². The second kappa shape index (κ2) is 7.27. The molecule has 2 fully saturated rings. The monoisotopic (exact) mass is 412 g/mol. The number of nitrogens with two attached hydrogens (primary N) is 1. The molecule has 150 valence electrons. The van der Waals surface area contributed by atoms with Gasteiger partial charge in [-0.15, -0.1) is 0 Å². The number of para-hydroxylation sites is 1. The lowest BCUT2D eigenvalue weighted by atomic mass is 10.1. The number of halogens is 1. The van der Waals surface area contributed by atoms with E-state index in [2.05, 4.69) is 10.3 Å². The molecule has 1 aliphatic carbocycles. The Morgan fingerprint density at radius 2 is 2.21 bits per heavy atom. The van der Waals surface area contributed by atoms with E-state index in [1.807, 2.05) is 24.3 Å². The molecule has 0 spiro atoms. The number of aromatic nitrogens is 1. The van der Waals surface area contributed by atoms with Crippen molar-refractivity contribution in [3.8, 4) is 10.9 Å². The van der Waals surface area contributed by atoms with Gasteiger partial charge in [-0.2, -0.15) is 0 Å². The van der Waals surface area contributed by atoms with Crippen molar-refractivity contribution in [3.63, 3.8) is 0 Å². The molecule has 1 aromatic heterocycles. The zero-order valence-electron chi connectivity index (χ0n) is 15.7. The summed E-state index contributed by atoms with van der Waals surface area (Å²) in [6.07, 6.45) is 1.16. The number of fused-ring (bicyclic) bond motifs is 2. The second-order valence-corrected chi connectivity index (χ2v) is 8.64. The molecule has 2 heterocycles. The van der Waals surface area contributed by atoms with Crippen molar-refractivity contribution in [1.82, 2.24) is 15.2 Å². The van der Waals surface area contributed by atoms with Gasteiger partial charge in [-0.3, -0.25) is 0 Å². The Morgan fingerprint density at radius 1 is 1.34 bits per heavy atom. The molecule has 2 amide bonds. The van der Waals surface area contributed by atoms with Crippen LogP contribution in [-0.4, -0.2) is 35.0 Å². The summed E-state index contributed by atoms with van der Waals surface area (Å²) in [5.41, 5.74) is 6.88. The first-order valence-electron chi connectivity index (χ1n) is 9.67. The molecule has 8 heteroatoms. The van der Waals surface area contributed by atoms with Gasteiger partial charge in [-0.1, -0.05) is 29.5 Å². The smallest absolute Gasteiger partial charge is 0.315 e. The highest BCUT2D eigenvalue weighted by atomic mass is 32.1. The Kier molecular flexibility index (Phi) is 4.60. The lowest BCUT2D eigenvalue weighted by Gasteiger charge is -2.26. The van der Waals surface area contributed by atoms with Gasteiger partial charge < -0.3 is 20.7 Å². The molecule has 0 bridgehead atoms. The number of primary amides is 1. The van der Waals surface area contributed by atoms with Crippen LogP contribution in [0, 0.1) is 17.7 Å². The molecule has 3 unspecified atom stereocenters. The number of hydrogen-bond acceptors (Lipinski definition) is 5. The van der Waals surface area contributed by atoms with Gasteiger partial charge in [0, 0.05) is 37.3 Å². The van der Waals surface area contributed by atoms with Gasteiger partial charge in [0.05, 0.1) is 10.2 Å². The van der Waals surface area contributed by atoms with E-state index in [1.54, 1.807) is 17.0 Å². The van der Waals surface area contributed by atoms with Gasteiger partial charge in [-0.25, -0.2) is 14.2 Å². The number of carbonyl (C=O) groups is 1. The molecule has 3 aromatic rings. The van der Waals surface area contributed by atoms with Gasteiger partial charge in [-0.05, 0) is 36.5 Å². The summed E-state index contributed by atoms with van der Waals surface area (Å²) in [7, 11) is 0. The van der Waals surface area contributed by atoms with Crippen LogP contribution in [0.15, 0.2) is 42.5 Å². The van der Waals surface area contributed by atoms with Crippen molar-refractivity contribution in [2.24, 2.45) is 17.6 Å². The van der Waals surface area contributed by atoms with E-state index in [0.29, 0.717) is 41.4 Å². The lowest BCUT2D eigenvalue weighted by molar-refractivity contribution is 0.190. The average molecular weight is 412 g/mol. The van der Waals surface area contributed by atoms with Crippen molar-refractivity contribution in [1.29, 1.82) is 0 Å². The molecular weight excluding hydrogens is 391 g/mol. The molecular formula is C21H21FN4O2S. The first-order valence-corrected chi connectivity index (χ1v) is 10.5. The Balaban J connectivity index is 1.20. The highest BCUT2D eigenvalue weighted by Crippen LogP contribution is 2.49. The predicted molar refractivity (Wildman–Crippen MR) is 109 cm³/mol. The maximum atomic E-state index is 14.5. The topological polar surface area (TPSA) is 80.5 Å². The maximum Gasteiger partial charge on any atom is 0.315 e. The number of nitrogens with zero attached hydrogens (tertiary/aromatic N) is 2. The highest BCUT2D eigenvalue weighted by molar-refractivity contribution is 7.20. The average Bonchev–Trinajstić information content (AvgIpc) is 3.19. The maximum absolute atomic E-state index is 14.5. The Labute approximate surface area is 171 Å². The van der Waals surface area contributed by atoms with E-state index in [-0.39, 0.29) is 17.9 Å². The molecule has 0 radical (unpaired) electrons. The predicted octanol–water partition coefficient (Wildman–Crippen LogP) is 3.72. The van der Waals surface area contributed by atoms with Crippen LogP contribution >= 0.6 is 11.3 Å². The number of hydrogen-bond donors (Lipinski definition) is 2. The summed E-state index contributed by atoms with van der Waals surface area (Å²) in [6, 6.07) is 12.3. The van der Waals surface area contributed by atoms with E-state index >= 15 is 0 Å². The van der Waals surface area contributed by atoms with E-state index in [9.17, 15) is 9.18 Å². The number of ether oxygens (including phenoxy) is 1. The molecule has 1 aliphatic heterocycles. The summed E-state index contributed by atoms with van der Waals surface area (Å²) >= 11 is 1.43. The highest BCUT2D eigenvalue weighted by Gasteiger charge is 2.53. The number of nitrogens with one attached hydrogen (secondary N) is 1. The third-order valence-electron chi connectivity index (χ3n) is 5.76. The van der Waals surface area contributed by atoms with Crippen LogP contribution in [-0.2, 0) is 6.54 Å². The normalized spacial score (nSPS) is 22.7. The van der Waals surface area contributed by atoms with Crippen LogP contribution in [0.4, 0.5) is 9.18 Å². The number of likely N-dealkylation sites (tertiary alicyclic amines) is 1. The number of amides is 2. The molecule has 3 N–H and O–H groups in total. The fourth-order valence-corrected chi connectivity index (χ4v) is 5.01. The third-order valence-corrected chi connectivity index (χ3v) is 6.67. The molecule has 2 aromatic carbocycles. The number of rotatable bonds is 6. The summed E-state index contributed by atoms with van der Waals surface area (Å²) in [4.78, 5) is 17.7. The van der Waals surface area contributed by atoms with Crippen LogP contribution in [0.2, 0.25) is 0 Å². The largest absolute Gasteiger partial charge is 0.431 e. The first-order chi connectivity index (χ1) is 14.1. The summed E-state index contributed by atoms with van der Waals surface area (Å²) < 4.78 is 21.3. The third kappa shape index (κ3) is 3.65. The molecule has 5 rings (SSSR count). The number of thiazole rings is 1. The van der Waals surface area contributed by atoms with Crippen molar-refractivity contribution >= 4 is 27.6 Å². The molecule has 3 atom stereocenters. The quantitative estimate of drug-likeness (QED) is 0.647. The minimum absolute atomic E-state index is 0.113. The van der Waals surface area contributed by atoms with E-state index in [4.69, 9.17) is 10.5 Å². The van der Waals surface area contributed by atoms with E-state index < -0.39 is 0 Å². The van der Waals surface area contributed by atoms with Crippen molar-refractivity contribution < 1.29 is 13.9 Å². The van der Waals surface area contributed by atoms with Gasteiger partial charge in [0.25, 0.3) is 5.19 Å². The second-order valence-electron chi connectivity index (χ2n) is 7.65. The van der Waals surface area contributed by atoms with Gasteiger partial charge in [0.1, 0.15) is 11.6 Å². The lowest BCUT2D eigenvalue weighted by Crippen LogP contribution is -2.46. The molecule has 2 aliphatic rings. The number of carbonyl (C=O) groups excluding carboxylic acids is 1. The number of urea groups is 1. The Hall–Kier alpha value is -2.71. The van der Waals surface area contributed by atoms with E-state index in [0.717, 1.165) is 23.2 Å². The van der Waals surface area contributed by atoms with Crippen molar-refractivity contribution in [2.45, 2.75) is 19.0 Å². The Morgan fingerprint density at radius 3 is 3.00 bits per heavy atom. The van der Waals surface area contributed by atoms with Crippen LogP contribution < -0.4 is 15.8 Å². The number of benzene rings is 2. The zero-order chi connectivity index (χ0) is 20.0. The first kappa shape index (κ1) is 18.3. The van der Waals surface area contributed by atoms with Crippen molar-refractivity contribution in [3.05, 3.63) is 53.8 Å². The zero-order valence-corrected chi connectivity index (χ0v) is 16.5. The summed E-state index contributed by atoms with van der Waals surface area (Å²) in [6.45, 7) is 1.75. The minimum Gasteiger partial charge on any atom is -0.431 e. The number of piperidine rings is 1. The van der Waals surface area contributed by atoms with Gasteiger partial charge >= 0.3 is 6.03 Å². The van der Waals surface area contributed by atoms with Gasteiger partial charge in [0.2, 0.25) is 0 Å². The van der Waals surface area contributed by atoms with Gasteiger partial charge in [0.15, 0.2) is 0 Å². The van der Waals surface area contributed by atoms with Crippen molar-refractivity contribution in [2.75, 3.05) is 13.1 Å². The molecule has 1 saturated heterocycles. The van der Waals surface area contributed by atoms with E-state index in [1.165, 1.54) is 17.4 Å². The summed E-state index contributed by atoms with van der Waals surface area (Å²) in [5, 5.41) is 3.76. The molecule has 6 nitrogen and oxygen atoms in total. The fourth-order valence-electron chi connectivity index (χ4n) is 4.17. The molecule has 29 heavy (non-hydrogen) atoms. The summed E-state index contributed by atoms with van der Waals surface area (Å²) in [5.74, 6) is 1.20.